The third-order valence-electron chi connectivity index (χ3n) is 3.99. The standard InChI is InChI=1S/C17H20N2O2S2/c1-18(2)13-7-5-12(6-8-13)10-15-16(20)19(17(22)23-15)11-14-4-3-9-21-14/h5-8,10,14H,3-4,9,11H2,1-2H3/b15-10+/t14-/m1/s1. The molecule has 0 bridgehead atoms. The van der Waals surface area contributed by atoms with Gasteiger partial charge in [-0.3, -0.25) is 9.69 Å². The number of thioether (sulfide) groups is 1. The molecular formula is C17H20N2O2S2. The molecule has 0 N–H and O–H groups in total. The largest absolute Gasteiger partial charge is 0.378 e. The average Bonchev–Trinajstić information content (AvgIpc) is 3.12. The Bertz CT molecular complexity index is 634. The highest BCUT2D eigenvalue weighted by Gasteiger charge is 2.34. The van der Waals surface area contributed by atoms with E-state index in [1.54, 1.807) is 4.90 Å². The fourth-order valence-electron chi connectivity index (χ4n) is 2.67. The van der Waals surface area contributed by atoms with Crippen molar-refractivity contribution >= 4 is 46.0 Å². The van der Waals surface area contributed by atoms with Crippen molar-refractivity contribution in [1.29, 1.82) is 0 Å². The Morgan fingerprint density at radius 2 is 2.13 bits per heavy atom. The molecule has 2 aliphatic rings. The van der Waals surface area contributed by atoms with E-state index in [-0.39, 0.29) is 12.0 Å². The number of anilines is 1. The van der Waals surface area contributed by atoms with Crippen molar-refractivity contribution in [1.82, 2.24) is 4.90 Å². The third-order valence-corrected chi connectivity index (χ3v) is 5.37. The number of nitrogens with zero attached hydrogens (tertiary/aromatic N) is 2. The van der Waals surface area contributed by atoms with Crippen LogP contribution in [0.15, 0.2) is 29.2 Å². The SMILES string of the molecule is CN(C)c1ccc(/C=C2/SC(=S)N(C[C@H]3CCCO3)C2=O)cc1. The van der Waals surface area contributed by atoms with Gasteiger partial charge in [-0.15, -0.1) is 0 Å². The molecule has 0 aliphatic carbocycles. The molecule has 4 nitrogen and oxygen atoms in total. The quantitative estimate of drug-likeness (QED) is 0.617. The van der Waals surface area contributed by atoms with Gasteiger partial charge < -0.3 is 9.64 Å². The predicted molar refractivity (Wildman–Crippen MR) is 99.6 cm³/mol. The second-order valence-corrected chi connectivity index (χ2v) is 7.59. The summed E-state index contributed by atoms with van der Waals surface area (Å²) in [6, 6.07) is 8.11. The van der Waals surface area contributed by atoms with Crippen molar-refractivity contribution in [2.75, 3.05) is 32.1 Å². The first-order chi connectivity index (χ1) is 11.0. The van der Waals surface area contributed by atoms with Crippen LogP contribution < -0.4 is 4.90 Å². The fraction of sp³-hybridized carbons (Fsp3) is 0.412. The molecule has 2 fully saturated rings. The van der Waals surface area contributed by atoms with Gasteiger partial charge in [0.05, 0.1) is 17.6 Å². The van der Waals surface area contributed by atoms with Crippen LogP contribution in [0.1, 0.15) is 18.4 Å². The summed E-state index contributed by atoms with van der Waals surface area (Å²) in [5.74, 6) is -0.00724. The topological polar surface area (TPSA) is 32.8 Å². The first kappa shape index (κ1) is 16.5. The Morgan fingerprint density at radius 3 is 2.74 bits per heavy atom. The molecule has 0 saturated carbocycles. The molecule has 1 aromatic rings. The van der Waals surface area contributed by atoms with Gasteiger partial charge in [0.25, 0.3) is 5.91 Å². The lowest BCUT2D eigenvalue weighted by atomic mass is 10.2. The number of thiocarbonyl (C=S) groups is 1. The van der Waals surface area contributed by atoms with Crippen molar-refractivity contribution in [3.05, 3.63) is 34.7 Å². The molecule has 6 heteroatoms. The van der Waals surface area contributed by atoms with Crippen LogP contribution in [0.3, 0.4) is 0 Å². The molecular weight excluding hydrogens is 328 g/mol. The Morgan fingerprint density at radius 1 is 1.39 bits per heavy atom. The molecule has 23 heavy (non-hydrogen) atoms. The molecule has 1 amide bonds. The minimum absolute atomic E-state index is 0.00724. The Kier molecular flexibility index (Phi) is 5.04. The van der Waals surface area contributed by atoms with Crippen LogP contribution in [0, 0.1) is 0 Å². The minimum Gasteiger partial charge on any atom is -0.378 e. The van der Waals surface area contributed by atoms with Gasteiger partial charge in [-0.1, -0.05) is 36.1 Å². The summed E-state index contributed by atoms with van der Waals surface area (Å²) in [5, 5.41) is 0. The van der Waals surface area contributed by atoms with E-state index in [1.807, 2.05) is 49.3 Å². The summed E-state index contributed by atoms with van der Waals surface area (Å²) >= 11 is 6.74. The zero-order chi connectivity index (χ0) is 16.4. The van der Waals surface area contributed by atoms with Crippen molar-refractivity contribution in [2.45, 2.75) is 18.9 Å². The summed E-state index contributed by atoms with van der Waals surface area (Å²) in [6.45, 7) is 1.36. The lowest BCUT2D eigenvalue weighted by Crippen LogP contribution is -2.35. The average molecular weight is 348 g/mol. The van der Waals surface area contributed by atoms with E-state index in [4.69, 9.17) is 17.0 Å². The van der Waals surface area contributed by atoms with Crippen LogP contribution >= 0.6 is 24.0 Å². The Hall–Kier alpha value is -1.37. The normalized spacial score (nSPS) is 23.1. The van der Waals surface area contributed by atoms with Gasteiger partial charge in [0, 0.05) is 26.4 Å². The number of amides is 1. The van der Waals surface area contributed by atoms with E-state index in [0.717, 1.165) is 30.7 Å². The van der Waals surface area contributed by atoms with Crippen LogP contribution in [0.4, 0.5) is 5.69 Å². The van der Waals surface area contributed by atoms with Crippen molar-refractivity contribution in [3.63, 3.8) is 0 Å². The minimum atomic E-state index is -0.00724. The van der Waals surface area contributed by atoms with Crippen LogP contribution in [0.5, 0.6) is 0 Å². The number of hydrogen-bond donors (Lipinski definition) is 0. The van der Waals surface area contributed by atoms with Gasteiger partial charge in [-0.05, 0) is 36.6 Å². The first-order valence-corrected chi connectivity index (χ1v) is 8.91. The molecule has 0 spiro atoms. The number of rotatable bonds is 4. The maximum Gasteiger partial charge on any atom is 0.266 e. The van der Waals surface area contributed by atoms with Gasteiger partial charge in [0.1, 0.15) is 4.32 Å². The van der Waals surface area contributed by atoms with Crippen molar-refractivity contribution in [2.24, 2.45) is 0 Å². The maximum absolute atomic E-state index is 12.6. The number of benzene rings is 1. The number of ether oxygens (including phenoxy) is 1. The molecule has 2 saturated heterocycles. The van der Waals surface area contributed by atoms with Crippen LogP contribution in [0.2, 0.25) is 0 Å². The molecule has 2 heterocycles. The summed E-state index contributed by atoms with van der Waals surface area (Å²) in [4.78, 5) is 17.0. The molecule has 0 radical (unpaired) electrons. The number of carbonyl (C=O) groups is 1. The first-order valence-electron chi connectivity index (χ1n) is 7.69. The summed E-state index contributed by atoms with van der Waals surface area (Å²) in [5.41, 5.74) is 2.14. The molecule has 3 rings (SSSR count). The lowest BCUT2D eigenvalue weighted by molar-refractivity contribution is -0.123. The molecule has 122 valence electrons. The van der Waals surface area contributed by atoms with Gasteiger partial charge in [0.2, 0.25) is 0 Å². The van der Waals surface area contributed by atoms with Gasteiger partial charge in [0.15, 0.2) is 0 Å². The van der Waals surface area contributed by atoms with E-state index in [9.17, 15) is 4.79 Å². The van der Waals surface area contributed by atoms with Gasteiger partial charge in [-0.2, -0.15) is 0 Å². The van der Waals surface area contributed by atoms with E-state index in [0.29, 0.717) is 15.8 Å². The highest BCUT2D eigenvalue weighted by molar-refractivity contribution is 8.26. The van der Waals surface area contributed by atoms with E-state index in [2.05, 4.69) is 0 Å². The van der Waals surface area contributed by atoms with Crippen LogP contribution in [-0.4, -0.2) is 48.5 Å². The second-order valence-electron chi connectivity index (χ2n) is 5.91. The van der Waals surface area contributed by atoms with Crippen molar-refractivity contribution in [3.8, 4) is 0 Å². The molecule has 2 aliphatic heterocycles. The van der Waals surface area contributed by atoms with E-state index in [1.165, 1.54) is 11.8 Å². The molecule has 0 unspecified atom stereocenters. The number of carbonyl (C=O) groups excluding carboxylic acids is 1. The predicted octanol–water partition coefficient (Wildman–Crippen LogP) is 3.13. The Balaban J connectivity index is 1.72. The highest BCUT2D eigenvalue weighted by Crippen LogP contribution is 2.33. The van der Waals surface area contributed by atoms with E-state index >= 15 is 0 Å². The third kappa shape index (κ3) is 3.76. The Labute approximate surface area is 146 Å². The summed E-state index contributed by atoms with van der Waals surface area (Å²) < 4.78 is 6.24. The number of hydrogen-bond acceptors (Lipinski definition) is 5. The van der Waals surface area contributed by atoms with Gasteiger partial charge in [-0.25, -0.2) is 0 Å². The van der Waals surface area contributed by atoms with Crippen LogP contribution in [0.25, 0.3) is 6.08 Å². The summed E-state index contributed by atoms with van der Waals surface area (Å²) in [6.07, 6.45) is 4.10. The fourth-order valence-corrected chi connectivity index (χ4v) is 3.94. The zero-order valence-corrected chi connectivity index (χ0v) is 15.0. The molecule has 0 aromatic heterocycles. The molecule has 1 aromatic carbocycles. The van der Waals surface area contributed by atoms with E-state index < -0.39 is 0 Å². The van der Waals surface area contributed by atoms with Crippen LogP contribution in [-0.2, 0) is 9.53 Å². The second kappa shape index (κ2) is 7.03. The van der Waals surface area contributed by atoms with Gasteiger partial charge >= 0.3 is 0 Å². The van der Waals surface area contributed by atoms with Crippen molar-refractivity contribution < 1.29 is 9.53 Å². The molecule has 1 atom stereocenters. The smallest absolute Gasteiger partial charge is 0.266 e. The maximum atomic E-state index is 12.6. The zero-order valence-electron chi connectivity index (χ0n) is 13.3. The monoisotopic (exact) mass is 348 g/mol. The highest BCUT2D eigenvalue weighted by atomic mass is 32.2. The lowest BCUT2D eigenvalue weighted by Gasteiger charge is -2.18. The summed E-state index contributed by atoms with van der Waals surface area (Å²) in [7, 11) is 4.01.